The summed E-state index contributed by atoms with van der Waals surface area (Å²) in [6.45, 7) is 3.75. The number of H-pyrrole nitrogens is 1. The smallest absolute Gasteiger partial charge is 0.288 e. The van der Waals surface area contributed by atoms with Crippen molar-refractivity contribution >= 4 is 27.7 Å². The fourth-order valence-corrected chi connectivity index (χ4v) is 3.54. The van der Waals surface area contributed by atoms with E-state index in [1.807, 2.05) is 61.5 Å². The van der Waals surface area contributed by atoms with Crippen molar-refractivity contribution in [3.63, 3.8) is 0 Å². The van der Waals surface area contributed by atoms with Crippen molar-refractivity contribution in [3.8, 4) is 0 Å². The Morgan fingerprint density at radius 1 is 1.04 bits per heavy atom. The lowest BCUT2D eigenvalue weighted by Gasteiger charge is -2.20. The Morgan fingerprint density at radius 2 is 1.74 bits per heavy atom. The highest BCUT2D eigenvalue weighted by Crippen LogP contribution is 2.29. The van der Waals surface area contributed by atoms with Gasteiger partial charge in [0.25, 0.3) is 5.56 Å². The highest BCUT2D eigenvalue weighted by molar-refractivity contribution is 6.08. The minimum absolute atomic E-state index is 0.130. The van der Waals surface area contributed by atoms with E-state index in [2.05, 4.69) is 15.5 Å². The molecule has 0 radical (unpaired) electrons. The second kappa shape index (κ2) is 6.72. The van der Waals surface area contributed by atoms with Crippen LogP contribution >= 0.6 is 0 Å². The fourth-order valence-electron chi connectivity index (χ4n) is 3.54. The van der Waals surface area contributed by atoms with Gasteiger partial charge in [-0.1, -0.05) is 48.5 Å². The molecule has 2 atom stereocenters. The maximum atomic E-state index is 13.0. The summed E-state index contributed by atoms with van der Waals surface area (Å²) in [4.78, 5) is 25.4. The van der Waals surface area contributed by atoms with Crippen molar-refractivity contribution in [2.45, 2.75) is 25.9 Å². The summed E-state index contributed by atoms with van der Waals surface area (Å²) in [5.41, 5.74) is 2.02. The summed E-state index contributed by atoms with van der Waals surface area (Å²) in [6.07, 6.45) is 1.63. The fraction of sp³-hybridized carbons (Fsp3) is 0.190. The molecule has 6 nitrogen and oxygen atoms in total. The Bertz CT molecular complexity index is 1180. The van der Waals surface area contributed by atoms with E-state index in [1.54, 1.807) is 17.7 Å². The van der Waals surface area contributed by atoms with E-state index in [-0.39, 0.29) is 17.5 Å². The molecule has 2 aromatic carbocycles. The second-order valence-corrected chi connectivity index (χ2v) is 6.67. The predicted octanol–water partition coefficient (Wildman–Crippen LogP) is 3.32. The first kappa shape index (κ1) is 17.0. The molecule has 4 rings (SSSR count). The number of nitrogens with one attached hydrogen (secondary N) is 2. The van der Waals surface area contributed by atoms with Crippen molar-refractivity contribution in [2.75, 3.05) is 0 Å². The van der Waals surface area contributed by atoms with Crippen molar-refractivity contribution < 1.29 is 4.79 Å². The van der Waals surface area contributed by atoms with Crippen LogP contribution in [0.15, 0.2) is 65.6 Å². The third-order valence-corrected chi connectivity index (χ3v) is 4.95. The number of para-hydroxylation sites is 1. The minimum Gasteiger partial charge on any atom is -0.348 e. The number of rotatable bonds is 4. The van der Waals surface area contributed by atoms with Crippen LogP contribution in [0.25, 0.3) is 21.8 Å². The summed E-state index contributed by atoms with van der Waals surface area (Å²) < 4.78 is 1.79. The van der Waals surface area contributed by atoms with Crippen LogP contribution in [0.4, 0.5) is 0 Å². The lowest BCUT2D eigenvalue weighted by atomic mass is 10.1. The first-order valence-corrected chi connectivity index (χ1v) is 8.89. The summed E-state index contributed by atoms with van der Waals surface area (Å²) in [6, 6.07) is 16.8. The second-order valence-electron chi connectivity index (χ2n) is 6.67. The van der Waals surface area contributed by atoms with Gasteiger partial charge in [0.05, 0.1) is 17.8 Å². The van der Waals surface area contributed by atoms with E-state index in [1.165, 1.54) is 0 Å². The Labute approximate surface area is 155 Å². The van der Waals surface area contributed by atoms with E-state index < -0.39 is 6.04 Å². The number of fused-ring (bicyclic) bond motifs is 3. The number of hydrogen-bond acceptors (Lipinski definition) is 3. The number of hydrogen-bond donors (Lipinski definition) is 2. The summed E-state index contributed by atoms with van der Waals surface area (Å²) in [5, 5.41) is 11.1. The average Bonchev–Trinajstić information content (AvgIpc) is 3.04. The highest BCUT2D eigenvalue weighted by atomic mass is 16.2. The molecule has 4 aromatic rings. The van der Waals surface area contributed by atoms with Gasteiger partial charge in [-0.05, 0) is 25.5 Å². The first-order valence-electron chi connectivity index (χ1n) is 8.89. The Balaban J connectivity index is 1.77. The third kappa shape index (κ3) is 2.89. The largest absolute Gasteiger partial charge is 0.348 e. The Morgan fingerprint density at radius 3 is 2.52 bits per heavy atom. The van der Waals surface area contributed by atoms with Gasteiger partial charge < -0.3 is 9.88 Å². The normalized spacial score (nSPS) is 13.6. The van der Waals surface area contributed by atoms with E-state index >= 15 is 0 Å². The number of benzene rings is 2. The van der Waals surface area contributed by atoms with Gasteiger partial charge in [0.1, 0.15) is 11.6 Å². The van der Waals surface area contributed by atoms with Gasteiger partial charge in [-0.3, -0.25) is 9.59 Å². The van der Waals surface area contributed by atoms with Crippen LogP contribution in [0.5, 0.6) is 0 Å². The molecule has 0 aliphatic carbocycles. The molecule has 6 heteroatoms. The molecule has 0 saturated carbocycles. The molecule has 0 spiro atoms. The standard InChI is InChI=1S/C21H20N4O2/c1-13(15-8-4-3-5-9-15)23-20(26)14(2)25-18-11-7-6-10-16(18)17-12-22-24-21(27)19(17)25/h3-14H,1-2H3,(H,23,26)(H,24,27). The van der Waals surface area contributed by atoms with Crippen molar-refractivity contribution in [3.05, 3.63) is 76.7 Å². The van der Waals surface area contributed by atoms with Crippen LogP contribution in [0, 0.1) is 0 Å². The lowest BCUT2D eigenvalue weighted by molar-refractivity contribution is -0.124. The molecule has 0 aliphatic heterocycles. The molecule has 0 bridgehead atoms. The maximum Gasteiger partial charge on any atom is 0.288 e. The van der Waals surface area contributed by atoms with E-state index in [9.17, 15) is 9.59 Å². The summed E-state index contributed by atoms with van der Waals surface area (Å²) in [5.74, 6) is -0.148. The predicted molar refractivity (Wildman–Crippen MR) is 106 cm³/mol. The van der Waals surface area contributed by atoms with Crippen LogP contribution in [0.2, 0.25) is 0 Å². The lowest BCUT2D eigenvalue weighted by Crippen LogP contribution is -2.33. The van der Waals surface area contributed by atoms with Gasteiger partial charge in [0, 0.05) is 10.8 Å². The number of nitrogens with zero attached hydrogens (tertiary/aromatic N) is 2. The van der Waals surface area contributed by atoms with Gasteiger partial charge >= 0.3 is 0 Å². The minimum atomic E-state index is -0.554. The van der Waals surface area contributed by atoms with Crippen LogP contribution in [-0.4, -0.2) is 20.7 Å². The number of aromatic amines is 1. The molecule has 136 valence electrons. The summed E-state index contributed by atoms with van der Waals surface area (Å²) >= 11 is 0. The monoisotopic (exact) mass is 360 g/mol. The quantitative estimate of drug-likeness (QED) is 0.586. The molecular weight excluding hydrogens is 340 g/mol. The van der Waals surface area contributed by atoms with Crippen molar-refractivity contribution in [1.29, 1.82) is 0 Å². The van der Waals surface area contributed by atoms with E-state index in [4.69, 9.17) is 0 Å². The molecule has 2 aromatic heterocycles. The van der Waals surface area contributed by atoms with E-state index in [0.29, 0.717) is 5.52 Å². The molecule has 2 heterocycles. The average molecular weight is 360 g/mol. The molecular formula is C21H20N4O2. The van der Waals surface area contributed by atoms with Crippen LogP contribution in [0.3, 0.4) is 0 Å². The topological polar surface area (TPSA) is 79.8 Å². The molecule has 0 fully saturated rings. The molecule has 2 unspecified atom stereocenters. The van der Waals surface area contributed by atoms with Crippen LogP contribution < -0.4 is 10.9 Å². The van der Waals surface area contributed by atoms with Gasteiger partial charge in [-0.25, -0.2) is 5.10 Å². The van der Waals surface area contributed by atoms with Gasteiger partial charge in [0.2, 0.25) is 5.91 Å². The molecule has 1 amide bonds. The van der Waals surface area contributed by atoms with Crippen molar-refractivity contribution in [1.82, 2.24) is 20.1 Å². The SMILES string of the molecule is CC(NC(=O)C(C)n1c2ccccc2c2cn[nH]c(=O)c21)c1ccccc1. The number of carbonyl (C=O) groups is 1. The first-order chi connectivity index (χ1) is 13.1. The summed E-state index contributed by atoms with van der Waals surface area (Å²) in [7, 11) is 0. The zero-order valence-electron chi connectivity index (χ0n) is 15.1. The third-order valence-electron chi connectivity index (χ3n) is 4.95. The zero-order chi connectivity index (χ0) is 19.0. The van der Waals surface area contributed by atoms with Gasteiger partial charge in [-0.15, -0.1) is 0 Å². The molecule has 0 saturated heterocycles. The molecule has 27 heavy (non-hydrogen) atoms. The van der Waals surface area contributed by atoms with Crippen LogP contribution in [-0.2, 0) is 4.79 Å². The van der Waals surface area contributed by atoms with E-state index in [0.717, 1.165) is 21.9 Å². The Hall–Kier alpha value is -3.41. The zero-order valence-corrected chi connectivity index (χ0v) is 15.1. The number of carbonyl (C=O) groups excluding carboxylic acids is 1. The van der Waals surface area contributed by atoms with Gasteiger partial charge in [-0.2, -0.15) is 5.10 Å². The highest BCUT2D eigenvalue weighted by Gasteiger charge is 2.23. The number of aromatic nitrogens is 3. The maximum absolute atomic E-state index is 13.0. The Kier molecular flexibility index (Phi) is 4.24. The molecule has 2 N–H and O–H groups in total. The van der Waals surface area contributed by atoms with Crippen molar-refractivity contribution in [2.24, 2.45) is 0 Å². The van der Waals surface area contributed by atoms with Crippen LogP contribution in [0.1, 0.15) is 31.5 Å². The molecule has 0 aliphatic rings. The van der Waals surface area contributed by atoms with Gasteiger partial charge in [0.15, 0.2) is 0 Å². The number of amides is 1.